The summed E-state index contributed by atoms with van der Waals surface area (Å²) in [5.41, 5.74) is 3.21. The van der Waals surface area contributed by atoms with Gasteiger partial charge in [-0.3, -0.25) is 9.59 Å². The molecule has 0 atom stereocenters. The van der Waals surface area contributed by atoms with Crippen LogP contribution in [0.15, 0.2) is 66.9 Å². The van der Waals surface area contributed by atoms with Gasteiger partial charge >= 0.3 is 6.18 Å². The summed E-state index contributed by atoms with van der Waals surface area (Å²) in [6.45, 7) is 3.78. The maximum Gasteiger partial charge on any atom is 0.389 e. The third-order valence-corrected chi connectivity index (χ3v) is 7.04. The van der Waals surface area contributed by atoms with Gasteiger partial charge in [0.1, 0.15) is 5.69 Å². The Kier molecular flexibility index (Phi) is 9.23. The fourth-order valence-corrected chi connectivity index (χ4v) is 4.86. The Morgan fingerprint density at radius 1 is 1.00 bits per heavy atom. The fourth-order valence-electron chi connectivity index (χ4n) is 4.66. The quantitative estimate of drug-likeness (QED) is 0.214. The minimum atomic E-state index is -4.38. The number of hydrogen-bond donors (Lipinski definition) is 2. The number of aryl methyl sites for hydroxylation is 3. The molecular formula is C30H27ClF3N9O2. The van der Waals surface area contributed by atoms with Gasteiger partial charge in [0.15, 0.2) is 11.6 Å². The number of amides is 2. The van der Waals surface area contributed by atoms with Gasteiger partial charge in [0.25, 0.3) is 11.8 Å². The highest BCUT2D eigenvalue weighted by Crippen LogP contribution is 2.26. The van der Waals surface area contributed by atoms with Gasteiger partial charge in [0.05, 0.1) is 34.9 Å². The molecule has 11 nitrogen and oxygen atoms in total. The summed E-state index contributed by atoms with van der Waals surface area (Å²) < 4.78 is 40.9. The summed E-state index contributed by atoms with van der Waals surface area (Å²) in [5.74, 6) is -0.863. The summed E-state index contributed by atoms with van der Waals surface area (Å²) in [4.78, 5) is 31.4. The van der Waals surface area contributed by atoms with E-state index in [4.69, 9.17) is 11.6 Å². The standard InChI is InChI=1S/C30H27ClF3N9O2/c1-18-13-19(2)26(22(14-18)28(44)36-16-20-7-4-3-5-8-20)37-29(45)24-15-21(39-43(24)27-23(31)9-6-12-35-27)17-42-25(38-40-41-42)10-11-30(32,33)34/h3-9,12-15H,10-11,16-17H2,1-2H3,(H,36,44)(H,37,45). The van der Waals surface area contributed by atoms with E-state index in [1.54, 1.807) is 25.1 Å². The van der Waals surface area contributed by atoms with Crippen molar-refractivity contribution >= 4 is 29.1 Å². The smallest absolute Gasteiger partial charge is 0.348 e. The Morgan fingerprint density at radius 3 is 2.51 bits per heavy atom. The zero-order chi connectivity index (χ0) is 32.1. The van der Waals surface area contributed by atoms with Gasteiger partial charge in [-0.2, -0.15) is 18.3 Å². The predicted molar refractivity (Wildman–Crippen MR) is 159 cm³/mol. The van der Waals surface area contributed by atoms with Crippen molar-refractivity contribution < 1.29 is 22.8 Å². The topological polar surface area (TPSA) is 133 Å². The van der Waals surface area contributed by atoms with Crippen molar-refractivity contribution in [3.8, 4) is 5.82 Å². The lowest BCUT2D eigenvalue weighted by molar-refractivity contribution is -0.134. The van der Waals surface area contributed by atoms with E-state index >= 15 is 0 Å². The highest BCUT2D eigenvalue weighted by atomic mass is 35.5. The van der Waals surface area contributed by atoms with Crippen LogP contribution in [0.3, 0.4) is 0 Å². The zero-order valence-electron chi connectivity index (χ0n) is 24.1. The first-order chi connectivity index (χ1) is 21.5. The molecule has 0 unspecified atom stereocenters. The van der Waals surface area contributed by atoms with Crippen LogP contribution in [-0.2, 0) is 19.5 Å². The maximum absolute atomic E-state index is 13.9. The van der Waals surface area contributed by atoms with E-state index in [0.29, 0.717) is 11.3 Å². The minimum Gasteiger partial charge on any atom is -0.348 e. The Morgan fingerprint density at radius 2 is 1.78 bits per heavy atom. The van der Waals surface area contributed by atoms with Crippen molar-refractivity contribution in [1.82, 2.24) is 40.3 Å². The third kappa shape index (κ3) is 7.70. The number of halogens is 4. The summed E-state index contributed by atoms with van der Waals surface area (Å²) in [6.07, 6.45) is -4.44. The molecule has 0 spiro atoms. The van der Waals surface area contributed by atoms with Crippen LogP contribution in [0.25, 0.3) is 5.82 Å². The van der Waals surface area contributed by atoms with Crippen LogP contribution >= 0.6 is 11.6 Å². The van der Waals surface area contributed by atoms with E-state index in [1.165, 1.54) is 21.6 Å². The molecule has 0 bridgehead atoms. The van der Waals surface area contributed by atoms with Crippen LogP contribution in [0.2, 0.25) is 5.02 Å². The first kappa shape index (κ1) is 31.3. The van der Waals surface area contributed by atoms with E-state index in [0.717, 1.165) is 11.1 Å². The van der Waals surface area contributed by atoms with Gasteiger partial charge in [-0.15, -0.1) is 5.10 Å². The summed E-state index contributed by atoms with van der Waals surface area (Å²) in [7, 11) is 0. The maximum atomic E-state index is 13.9. The number of hydrogen-bond acceptors (Lipinski definition) is 7. The molecule has 2 N–H and O–H groups in total. The molecule has 0 radical (unpaired) electrons. The van der Waals surface area contributed by atoms with Gasteiger partial charge in [0.2, 0.25) is 0 Å². The molecule has 15 heteroatoms. The molecule has 232 valence electrons. The lowest BCUT2D eigenvalue weighted by atomic mass is 10.0. The fraction of sp³-hybridized carbons (Fsp3) is 0.233. The Labute approximate surface area is 260 Å². The molecule has 2 amide bonds. The lowest BCUT2D eigenvalue weighted by Crippen LogP contribution is -2.26. The molecule has 5 aromatic rings. The molecule has 0 aliphatic rings. The summed E-state index contributed by atoms with van der Waals surface area (Å²) >= 11 is 6.40. The highest BCUT2D eigenvalue weighted by molar-refractivity contribution is 6.32. The molecule has 5 rings (SSSR count). The molecule has 0 fully saturated rings. The van der Waals surface area contributed by atoms with Crippen LogP contribution < -0.4 is 10.6 Å². The lowest BCUT2D eigenvalue weighted by Gasteiger charge is -2.16. The highest BCUT2D eigenvalue weighted by Gasteiger charge is 2.28. The second kappa shape index (κ2) is 13.3. The number of pyridine rings is 1. The van der Waals surface area contributed by atoms with Crippen molar-refractivity contribution in [2.24, 2.45) is 0 Å². The van der Waals surface area contributed by atoms with Gasteiger partial charge < -0.3 is 10.6 Å². The van der Waals surface area contributed by atoms with Crippen molar-refractivity contribution in [2.45, 2.75) is 46.0 Å². The normalized spacial score (nSPS) is 11.4. The number of anilines is 1. The van der Waals surface area contributed by atoms with Crippen molar-refractivity contribution in [3.05, 3.63) is 111 Å². The van der Waals surface area contributed by atoms with Crippen molar-refractivity contribution in [2.75, 3.05) is 5.32 Å². The van der Waals surface area contributed by atoms with Crippen LogP contribution in [0, 0.1) is 13.8 Å². The van der Waals surface area contributed by atoms with Gasteiger partial charge in [0, 0.05) is 19.2 Å². The molecular weight excluding hydrogens is 611 g/mol. The molecule has 0 saturated heterocycles. The molecule has 3 heterocycles. The molecule has 3 aromatic heterocycles. The number of carbonyl (C=O) groups excluding carboxylic acids is 2. The summed E-state index contributed by atoms with van der Waals surface area (Å²) in [5, 5.41) is 21.4. The Balaban J connectivity index is 1.46. The summed E-state index contributed by atoms with van der Waals surface area (Å²) in [6, 6.07) is 17.5. The minimum absolute atomic E-state index is 0.00480. The van der Waals surface area contributed by atoms with E-state index in [1.807, 2.05) is 43.3 Å². The SMILES string of the molecule is Cc1cc(C)c(NC(=O)c2cc(Cn3nnnc3CCC(F)(F)F)nn2-c2ncccc2Cl)c(C(=O)NCc2ccccc2)c1. The van der Waals surface area contributed by atoms with E-state index in [2.05, 4.69) is 36.2 Å². The average molecular weight is 638 g/mol. The van der Waals surface area contributed by atoms with E-state index in [-0.39, 0.29) is 52.6 Å². The molecule has 0 aliphatic heterocycles. The predicted octanol–water partition coefficient (Wildman–Crippen LogP) is 5.25. The van der Waals surface area contributed by atoms with Gasteiger partial charge in [-0.1, -0.05) is 48.0 Å². The van der Waals surface area contributed by atoms with Gasteiger partial charge in [-0.05, 0) is 65.2 Å². The third-order valence-electron chi connectivity index (χ3n) is 6.74. The average Bonchev–Trinajstić information content (AvgIpc) is 3.63. The first-order valence-corrected chi connectivity index (χ1v) is 14.1. The molecule has 0 aliphatic carbocycles. The number of nitrogens with zero attached hydrogens (tertiary/aromatic N) is 7. The van der Waals surface area contributed by atoms with Crippen LogP contribution in [0.5, 0.6) is 0 Å². The molecule has 0 saturated carbocycles. The zero-order valence-corrected chi connectivity index (χ0v) is 24.9. The number of tetrazole rings is 1. The Hall–Kier alpha value is -5.11. The van der Waals surface area contributed by atoms with Crippen LogP contribution in [-0.4, -0.2) is 53.0 Å². The first-order valence-electron chi connectivity index (χ1n) is 13.7. The number of benzene rings is 2. The number of nitrogens with one attached hydrogen (secondary N) is 2. The second-order valence-electron chi connectivity index (χ2n) is 10.2. The Bertz CT molecular complexity index is 1840. The monoisotopic (exact) mass is 637 g/mol. The van der Waals surface area contributed by atoms with Crippen molar-refractivity contribution in [3.63, 3.8) is 0 Å². The largest absolute Gasteiger partial charge is 0.389 e. The number of carbonyl (C=O) groups is 2. The molecule has 45 heavy (non-hydrogen) atoms. The van der Waals surface area contributed by atoms with E-state index in [9.17, 15) is 22.8 Å². The second-order valence-corrected chi connectivity index (χ2v) is 10.6. The van der Waals surface area contributed by atoms with Crippen LogP contribution in [0.4, 0.5) is 18.9 Å². The number of alkyl halides is 3. The molecule has 2 aromatic carbocycles. The number of rotatable bonds is 10. The van der Waals surface area contributed by atoms with Crippen LogP contribution in [0.1, 0.15) is 55.5 Å². The number of aromatic nitrogens is 7. The van der Waals surface area contributed by atoms with E-state index < -0.39 is 24.9 Å². The van der Waals surface area contributed by atoms with Crippen molar-refractivity contribution in [1.29, 1.82) is 0 Å². The van der Waals surface area contributed by atoms with Gasteiger partial charge in [-0.25, -0.2) is 14.3 Å².